The van der Waals surface area contributed by atoms with Crippen LogP contribution in [0.3, 0.4) is 0 Å². The highest BCUT2D eigenvalue weighted by Crippen LogP contribution is 2.17. The summed E-state index contributed by atoms with van der Waals surface area (Å²) in [7, 11) is 1.50. The summed E-state index contributed by atoms with van der Waals surface area (Å²) >= 11 is 0. The van der Waals surface area contributed by atoms with E-state index in [4.69, 9.17) is 5.73 Å². The van der Waals surface area contributed by atoms with Gasteiger partial charge in [-0.1, -0.05) is 25.3 Å². The molecule has 1 fully saturated rings. The van der Waals surface area contributed by atoms with Crippen LogP contribution in [0.15, 0.2) is 49.4 Å². The minimum atomic E-state index is 0.423. The number of hydrogen-bond donors (Lipinski definition) is 5. The van der Waals surface area contributed by atoms with Gasteiger partial charge in [0.2, 0.25) is 0 Å². The van der Waals surface area contributed by atoms with Crippen molar-refractivity contribution in [2.24, 2.45) is 11.5 Å². The molecule has 1 aliphatic rings. The van der Waals surface area contributed by atoms with E-state index in [9.17, 15) is 0 Å². The molecule has 3 rings (SSSR count). The molecule has 26 heavy (non-hydrogen) atoms. The second-order valence-electron chi connectivity index (χ2n) is 6.41. The molecule has 1 atom stereocenters. The fourth-order valence-electron chi connectivity index (χ4n) is 3.25. The fraction of sp³-hybridized carbons (Fsp3) is 0.400. The number of hydrogen-bond acceptors (Lipinski definition) is 5. The molecule has 0 aliphatic carbocycles. The molecule has 6 heteroatoms. The third-order valence-corrected chi connectivity index (χ3v) is 4.56. The number of nitrogens with one attached hydrogen (secondary N) is 3. The van der Waals surface area contributed by atoms with Crippen LogP contribution in [-0.2, 0) is 13.1 Å². The molecule has 0 saturated carbocycles. The molecule has 0 bridgehead atoms. The van der Waals surface area contributed by atoms with E-state index in [0.29, 0.717) is 12.6 Å². The predicted molar refractivity (Wildman–Crippen MR) is 110 cm³/mol. The first kappa shape index (κ1) is 19.9. The van der Waals surface area contributed by atoms with Crippen molar-refractivity contribution in [1.82, 2.24) is 20.5 Å². The van der Waals surface area contributed by atoms with Gasteiger partial charge in [-0.2, -0.15) is 0 Å². The third kappa shape index (κ3) is 5.28. The van der Waals surface area contributed by atoms with Gasteiger partial charge in [0.25, 0.3) is 0 Å². The Labute approximate surface area is 156 Å². The van der Waals surface area contributed by atoms with E-state index < -0.39 is 0 Å². The highest BCUT2D eigenvalue weighted by molar-refractivity contribution is 5.81. The van der Waals surface area contributed by atoms with Crippen LogP contribution in [-0.4, -0.2) is 36.1 Å². The number of piperidine rings is 1. The van der Waals surface area contributed by atoms with Crippen molar-refractivity contribution >= 4 is 10.9 Å². The molecular formula is C20H32N6. The molecule has 1 aromatic heterocycles. The maximum absolute atomic E-state index is 5.70. The van der Waals surface area contributed by atoms with Gasteiger partial charge in [-0.3, -0.25) is 0 Å². The van der Waals surface area contributed by atoms with Gasteiger partial charge in [0.15, 0.2) is 0 Å². The molecule has 1 unspecified atom stereocenters. The Hall–Kier alpha value is -2.44. The zero-order valence-corrected chi connectivity index (χ0v) is 15.7. The molecule has 0 radical (unpaired) electrons. The first-order valence-corrected chi connectivity index (χ1v) is 9.12. The number of H-pyrrole nitrogens is 1. The van der Waals surface area contributed by atoms with Crippen LogP contribution in [0.5, 0.6) is 0 Å². The number of benzene rings is 1. The summed E-state index contributed by atoms with van der Waals surface area (Å²) in [6.07, 6.45) is 4.27. The minimum Gasteiger partial charge on any atom is -0.376 e. The summed E-state index contributed by atoms with van der Waals surface area (Å²) in [5, 5.41) is 8.05. The molecule has 1 aromatic carbocycles. The van der Waals surface area contributed by atoms with Crippen LogP contribution >= 0.6 is 0 Å². The van der Waals surface area contributed by atoms with Crippen molar-refractivity contribution < 1.29 is 0 Å². The smallest absolute Gasteiger partial charge is 0.0918 e. The van der Waals surface area contributed by atoms with E-state index in [0.717, 1.165) is 42.2 Å². The van der Waals surface area contributed by atoms with E-state index in [1.807, 2.05) is 6.20 Å². The molecule has 7 N–H and O–H groups in total. The molecule has 6 nitrogen and oxygen atoms in total. The number of nitrogens with two attached hydrogens (primary N) is 2. The van der Waals surface area contributed by atoms with Crippen molar-refractivity contribution in [2.75, 3.05) is 20.1 Å². The zero-order chi connectivity index (χ0) is 18.9. The van der Waals surface area contributed by atoms with Crippen molar-refractivity contribution in [3.05, 3.63) is 60.7 Å². The Bertz CT molecular complexity index is 720. The van der Waals surface area contributed by atoms with Crippen LogP contribution in [0.4, 0.5) is 0 Å². The topological polar surface area (TPSA) is 95.1 Å². The van der Waals surface area contributed by atoms with Crippen molar-refractivity contribution in [1.29, 1.82) is 0 Å². The number of aromatic nitrogens is 1. The number of likely N-dealkylation sites (tertiary alicyclic amines) is 1. The molecule has 1 saturated heterocycles. The number of nitrogens with zero attached hydrogens (tertiary/aromatic N) is 1. The Morgan fingerprint density at radius 1 is 1.38 bits per heavy atom. The lowest BCUT2D eigenvalue weighted by Gasteiger charge is -2.33. The Morgan fingerprint density at radius 2 is 2.19 bits per heavy atom. The summed E-state index contributed by atoms with van der Waals surface area (Å²) in [4.78, 5) is 5.69. The first-order chi connectivity index (χ1) is 12.7. The van der Waals surface area contributed by atoms with Crippen molar-refractivity contribution in [3.63, 3.8) is 0 Å². The average Bonchev–Trinajstić information content (AvgIpc) is 3.10. The van der Waals surface area contributed by atoms with Gasteiger partial charge < -0.3 is 32.0 Å². The summed E-state index contributed by atoms with van der Waals surface area (Å²) in [6, 6.07) is 8.87. The lowest BCUT2D eigenvalue weighted by molar-refractivity contribution is 0.259. The normalized spacial score (nSPS) is 16.6. The summed E-state index contributed by atoms with van der Waals surface area (Å²) in [5.74, 6) is 0.868. The lowest BCUT2D eigenvalue weighted by atomic mass is 10.1. The molecule has 0 spiro atoms. The van der Waals surface area contributed by atoms with Gasteiger partial charge in [-0.05, 0) is 49.2 Å². The standard InChI is InChI=1S/C19H27N5.CH5N/c1-3-24-8-4-5-17(13-24)22-14(2)21-12-18-10-16-7-6-15(11-20)9-19(16)23-18;1-2/h3,6-7,9-10,17,21-23H,1-2,4-5,8,11-13,20H2;2H2,1H3. The van der Waals surface area contributed by atoms with E-state index in [2.05, 4.69) is 63.7 Å². The maximum atomic E-state index is 5.70. The van der Waals surface area contributed by atoms with E-state index in [1.165, 1.54) is 25.3 Å². The summed E-state index contributed by atoms with van der Waals surface area (Å²) in [6.45, 7) is 11.3. The van der Waals surface area contributed by atoms with Crippen LogP contribution in [0.1, 0.15) is 24.1 Å². The molecule has 142 valence electrons. The van der Waals surface area contributed by atoms with Crippen LogP contribution in [0, 0.1) is 0 Å². The summed E-state index contributed by atoms with van der Waals surface area (Å²) < 4.78 is 0. The van der Waals surface area contributed by atoms with Gasteiger partial charge in [0, 0.05) is 36.9 Å². The largest absolute Gasteiger partial charge is 0.376 e. The Balaban J connectivity index is 0.00000117. The van der Waals surface area contributed by atoms with E-state index in [-0.39, 0.29) is 0 Å². The quantitative estimate of drug-likeness (QED) is 0.523. The van der Waals surface area contributed by atoms with Gasteiger partial charge in [-0.15, -0.1) is 0 Å². The monoisotopic (exact) mass is 356 g/mol. The highest BCUT2D eigenvalue weighted by atomic mass is 15.2. The molecule has 1 aliphatic heterocycles. The Morgan fingerprint density at radius 3 is 2.92 bits per heavy atom. The Kier molecular flexibility index (Phi) is 7.56. The van der Waals surface area contributed by atoms with Crippen molar-refractivity contribution in [3.8, 4) is 0 Å². The molecule has 0 amide bonds. The van der Waals surface area contributed by atoms with Gasteiger partial charge in [-0.25, -0.2) is 0 Å². The average molecular weight is 357 g/mol. The maximum Gasteiger partial charge on any atom is 0.0918 e. The first-order valence-electron chi connectivity index (χ1n) is 9.12. The minimum absolute atomic E-state index is 0.423. The molecule has 2 aromatic rings. The second kappa shape index (κ2) is 9.89. The SMILES string of the molecule is C=CN1CCCC(NC(=C)NCc2cc3ccc(CN)cc3[nH]2)C1.CN. The fourth-order valence-corrected chi connectivity index (χ4v) is 3.25. The van der Waals surface area contributed by atoms with Crippen LogP contribution in [0.2, 0.25) is 0 Å². The third-order valence-electron chi connectivity index (χ3n) is 4.56. The second-order valence-corrected chi connectivity index (χ2v) is 6.41. The van der Waals surface area contributed by atoms with Gasteiger partial charge >= 0.3 is 0 Å². The molecular weight excluding hydrogens is 324 g/mol. The zero-order valence-electron chi connectivity index (χ0n) is 15.7. The van der Waals surface area contributed by atoms with Crippen LogP contribution in [0.25, 0.3) is 10.9 Å². The molecule has 2 heterocycles. The van der Waals surface area contributed by atoms with E-state index >= 15 is 0 Å². The van der Waals surface area contributed by atoms with Crippen molar-refractivity contribution in [2.45, 2.75) is 32.0 Å². The van der Waals surface area contributed by atoms with E-state index in [1.54, 1.807) is 0 Å². The summed E-state index contributed by atoms with van der Waals surface area (Å²) in [5.41, 5.74) is 13.6. The van der Waals surface area contributed by atoms with Gasteiger partial charge in [0.05, 0.1) is 12.4 Å². The predicted octanol–water partition coefficient (Wildman–Crippen LogP) is 1.96. The number of aromatic amines is 1. The van der Waals surface area contributed by atoms with Gasteiger partial charge in [0.1, 0.15) is 0 Å². The number of rotatable bonds is 7. The lowest BCUT2D eigenvalue weighted by Crippen LogP contribution is -2.44. The number of fused-ring (bicyclic) bond motifs is 1. The van der Waals surface area contributed by atoms with Crippen LogP contribution < -0.4 is 22.1 Å². The highest BCUT2D eigenvalue weighted by Gasteiger charge is 2.17.